The number of benzene rings is 1. The Kier molecular flexibility index (Phi) is 2.05. The fraction of sp³-hybridized carbons (Fsp3) is 0.200. The molecule has 0 spiro atoms. The molecule has 4 nitrogen and oxygen atoms in total. The van der Waals surface area contributed by atoms with Crippen LogP contribution >= 0.6 is 0 Å². The van der Waals surface area contributed by atoms with E-state index in [4.69, 9.17) is 5.11 Å². The minimum Gasteiger partial charge on any atom is -0.504 e. The Bertz CT molecular complexity index is 423. The van der Waals surface area contributed by atoms with Gasteiger partial charge in [-0.25, -0.2) is 0 Å². The number of H-pyrrole nitrogens is 1. The summed E-state index contributed by atoms with van der Waals surface area (Å²) in [7, 11) is 0. The molecule has 4 N–H and O–H groups in total. The number of aromatic hydroxyl groups is 2. The Labute approximate surface area is 80.4 Å². The Morgan fingerprint density at radius 2 is 1.79 bits per heavy atom. The largest absolute Gasteiger partial charge is 0.504 e. The van der Waals surface area contributed by atoms with Crippen LogP contribution in [0.25, 0.3) is 10.9 Å². The molecule has 1 heterocycles. The number of phenolic OH excluding ortho intramolecular Hbond substituents is 2. The summed E-state index contributed by atoms with van der Waals surface area (Å²) in [5, 5.41) is 28.0. The summed E-state index contributed by atoms with van der Waals surface area (Å²) in [5.74, 6) is -0.276. The van der Waals surface area contributed by atoms with Gasteiger partial charge in [0, 0.05) is 35.7 Å². The van der Waals surface area contributed by atoms with E-state index in [0.29, 0.717) is 6.42 Å². The molecule has 0 aliphatic heterocycles. The number of rotatable bonds is 2. The predicted molar refractivity (Wildman–Crippen MR) is 52.4 cm³/mol. The summed E-state index contributed by atoms with van der Waals surface area (Å²) in [5.41, 5.74) is 1.64. The summed E-state index contributed by atoms with van der Waals surface area (Å²) in [4.78, 5) is 3.03. The van der Waals surface area contributed by atoms with Gasteiger partial charge in [0.1, 0.15) is 0 Å². The van der Waals surface area contributed by atoms with Gasteiger partial charge in [-0.05, 0) is 12.1 Å². The minimum atomic E-state index is -0.144. The fourth-order valence-electron chi connectivity index (χ4n) is 1.47. The van der Waals surface area contributed by atoms with Gasteiger partial charge in [0.05, 0.1) is 0 Å². The van der Waals surface area contributed by atoms with Crippen molar-refractivity contribution in [2.75, 3.05) is 6.61 Å². The third-order valence-electron chi connectivity index (χ3n) is 2.15. The third kappa shape index (κ3) is 1.40. The van der Waals surface area contributed by atoms with Crippen LogP contribution in [0.5, 0.6) is 11.5 Å². The van der Waals surface area contributed by atoms with Gasteiger partial charge in [-0.1, -0.05) is 0 Å². The molecule has 1 aromatic heterocycles. The van der Waals surface area contributed by atoms with E-state index in [-0.39, 0.29) is 18.1 Å². The molecule has 0 saturated heterocycles. The zero-order valence-corrected chi connectivity index (χ0v) is 7.49. The van der Waals surface area contributed by atoms with Crippen LogP contribution in [0, 0.1) is 0 Å². The molecule has 0 atom stereocenters. The van der Waals surface area contributed by atoms with Crippen molar-refractivity contribution in [2.24, 2.45) is 0 Å². The SMILES string of the molecule is OCCc1cc2cc(O)c(O)cc2[nH]1. The number of aromatic nitrogens is 1. The second kappa shape index (κ2) is 3.23. The lowest BCUT2D eigenvalue weighted by Gasteiger charge is -1.95. The average Bonchev–Trinajstić information content (AvgIpc) is 2.48. The highest BCUT2D eigenvalue weighted by Gasteiger charge is 2.05. The van der Waals surface area contributed by atoms with Crippen LogP contribution in [0.1, 0.15) is 5.69 Å². The maximum atomic E-state index is 9.24. The number of aromatic amines is 1. The van der Waals surface area contributed by atoms with Crippen LogP contribution in [-0.2, 0) is 6.42 Å². The van der Waals surface area contributed by atoms with Gasteiger partial charge in [-0.3, -0.25) is 0 Å². The standard InChI is InChI=1S/C10H11NO3/c12-2-1-7-3-6-4-9(13)10(14)5-8(6)11-7/h3-5,11-14H,1-2H2. The molecule has 0 bridgehead atoms. The molecule has 0 amide bonds. The summed E-state index contributed by atoms with van der Waals surface area (Å²) in [6.07, 6.45) is 0.538. The molecule has 74 valence electrons. The zero-order chi connectivity index (χ0) is 10.1. The molecule has 4 heteroatoms. The summed E-state index contributed by atoms with van der Waals surface area (Å²) in [6, 6.07) is 4.79. The van der Waals surface area contributed by atoms with Crippen molar-refractivity contribution in [3.8, 4) is 11.5 Å². The van der Waals surface area contributed by atoms with Crippen LogP contribution in [-0.4, -0.2) is 26.9 Å². The fourth-order valence-corrected chi connectivity index (χ4v) is 1.47. The van der Waals surface area contributed by atoms with Gasteiger partial charge >= 0.3 is 0 Å². The molecule has 2 rings (SSSR count). The van der Waals surface area contributed by atoms with Crippen molar-refractivity contribution in [1.29, 1.82) is 0 Å². The van der Waals surface area contributed by atoms with Crippen molar-refractivity contribution in [1.82, 2.24) is 4.98 Å². The second-order valence-corrected chi connectivity index (χ2v) is 3.20. The number of aliphatic hydroxyl groups excluding tert-OH is 1. The van der Waals surface area contributed by atoms with Crippen LogP contribution in [0.4, 0.5) is 0 Å². The lowest BCUT2D eigenvalue weighted by molar-refractivity contribution is 0.298. The van der Waals surface area contributed by atoms with E-state index < -0.39 is 0 Å². The quantitative estimate of drug-likeness (QED) is 0.540. The van der Waals surface area contributed by atoms with Gasteiger partial charge in [0.25, 0.3) is 0 Å². The molecular weight excluding hydrogens is 182 g/mol. The highest BCUT2D eigenvalue weighted by Crippen LogP contribution is 2.30. The molecule has 0 fully saturated rings. The summed E-state index contributed by atoms with van der Waals surface area (Å²) in [6.45, 7) is 0.0742. The van der Waals surface area contributed by atoms with Crippen LogP contribution in [0.3, 0.4) is 0 Å². The van der Waals surface area contributed by atoms with Crippen molar-refractivity contribution < 1.29 is 15.3 Å². The van der Waals surface area contributed by atoms with Crippen molar-refractivity contribution in [2.45, 2.75) is 6.42 Å². The molecular formula is C10H11NO3. The number of hydrogen-bond donors (Lipinski definition) is 4. The number of nitrogens with one attached hydrogen (secondary N) is 1. The van der Waals surface area contributed by atoms with E-state index in [1.807, 2.05) is 6.07 Å². The highest BCUT2D eigenvalue weighted by atomic mass is 16.3. The van der Waals surface area contributed by atoms with Crippen LogP contribution < -0.4 is 0 Å². The number of fused-ring (bicyclic) bond motifs is 1. The van der Waals surface area contributed by atoms with Crippen LogP contribution in [0.15, 0.2) is 18.2 Å². The first kappa shape index (κ1) is 8.90. The first-order valence-electron chi connectivity index (χ1n) is 4.35. The van der Waals surface area contributed by atoms with Gasteiger partial charge < -0.3 is 20.3 Å². The van der Waals surface area contributed by atoms with E-state index >= 15 is 0 Å². The van der Waals surface area contributed by atoms with E-state index in [2.05, 4.69) is 4.98 Å². The Morgan fingerprint density at radius 1 is 1.07 bits per heavy atom. The first-order chi connectivity index (χ1) is 6.70. The van der Waals surface area contributed by atoms with Crippen molar-refractivity contribution >= 4 is 10.9 Å². The molecule has 0 radical (unpaired) electrons. The van der Waals surface area contributed by atoms with Gasteiger partial charge in [-0.2, -0.15) is 0 Å². The monoisotopic (exact) mass is 193 g/mol. The van der Waals surface area contributed by atoms with Crippen molar-refractivity contribution in [3.05, 3.63) is 23.9 Å². The number of phenols is 2. The highest BCUT2D eigenvalue weighted by molar-refractivity contribution is 5.84. The molecule has 0 saturated carbocycles. The maximum Gasteiger partial charge on any atom is 0.159 e. The second-order valence-electron chi connectivity index (χ2n) is 3.20. The van der Waals surface area contributed by atoms with E-state index in [9.17, 15) is 10.2 Å². The molecule has 0 unspecified atom stereocenters. The number of hydrogen-bond acceptors (Lipinski definition) is 3. The molecule has 0 aliphatic carbocycles. The Balaban J connectivity index is 2.54. The third-order valence-corrected chi connectivity index (χ3v) is 2.15. The maximum absolute atomic E-state index is 9.24. The average molecular weight is 193 g/mol. The Hall–Kier alpha value is -1.68. The van der Waals surface area contributed by atoms with Gasteiger partial charge in [0.2, 0.25) is 0 Å². The van der Waals surface area contributed by atoms with Crippen LogP contribution in [0.2, 0.25) is 0 Å². The molecule has 0 aliphatic rings. The van der Waals surface area contributed by atoms with Crippen molar-refractivity contribution in [3.63, 3.8) is 0 Å². The van der Waals surface area contributed by atoms with Gasteiger partial charge in [-0.15, -0.1) is 0 Å². The lowest BCUT2D eigenvalue weighted by atomic mass is 10.2. The summed E-state index contributed by atoms with van der Waals surface area (Å²) < 4.78 is 0. The Morgan fingerprint density at radius 3 is 2.50 bits per heavy atom. The number of aliphatic hydroxyl groups is 1. The smallest absolute Gasteiger partial charge is 0.159 e. The lowest BCUT2D eigenvalue weighted by Crippen LogP contribution is -1.88. The van der Waals surface area contributed by atoms with E-state index in [1.54, 1.807) is 0 Å². The van der Waals surface area contributed by atoms with E-state index in [1.165, 1.54) is 12.1 Å². The van der Waals surface area contributed by atoms with E-state index in [0.717, 1.165) is 16.6 Å². The first-order valence-corrected chi connectivity index (χ1v) is 4.35. The minimum absolute atomic E-state index is 0.0742. The predicted octanol–water partition coefficient (Wildman–Crippen LogP) is 1.11. The van der Waals surface area contributed by atoms with Gasteiger partial charge in [0.15, 0.2) is 11.5 Å². The normalized spacial score (nSPS) is 10.9. The molecule has 1 aromatic carbocycles. The summed E-state index contributed by atoms with van der Waals surface area (Å²) >= 11 is 0. The topological polar surface area (TPSA) is 76.5 Å². The zero-order valence-electron chi connectivity index (χ0n) is 7.49. The molecule has 14 heavy (non-hydrogen) atoms. The molecule has 2 aromatic rings.